The van der Waals surface area contributed by atoms with E-state index in [1.54, 1.807) is 0 Å². The zero-order chi connectivity index (χ0) is 14.2. The third kappa shape index (κ3) is 2.44. The van der Waals surface area contributed by atoms with Gasteiger partial charge in [-0.25, -0.2) is 0 Å². The number of halogens is 1. The van der Waals surface area contributed by atoms with Crippen molar-refractivity contribution >= 4 is 23.2 Å². The summed E-state index contributed by atoms with van der Waals surface area (Å²) in [5, 5.41) is 3.70. The number of benzene rings is 2. The van der Waals surface area contributed by atoms with Gasteiger partial charge in [0.05, 0.1) is 5.41 Å². The van der Waals surface area contributed by atoms with Crippen molar-refractivity contribution in [2.75, 3.05) is 5.32 Å². The predicted molar refractivity (Wildman–Crippen MR) is 82.2 cm³/mol. The monoisotopic (exact) mass is 285 g/mol. The zero-order valence-corrected chi connectivity index (χ0v) is 12.1. The van der Waals surface area contributed by atoms with Crippen LogP contribution in [0.3, 0.4) is 0 Å². The van der Waals surface area contributed by atoms with Crippen LogP contribution in [-0.4, -0.2) is 5.91 Å². The zero-order valence-electron chi connectivity index (χ0n) is 11.3. The first kappa shape index (κ1) is 13.2. The van der Waals surface area contributed by atoms with Crippen LogP contribution in [0, 0.1) is 6.92 Å². The topological polar surface area (TPSA) is 29.1 Å². The molecule has 1 aliphatic carbocycles. The summed E-state index contributed by atoms with van der Waals surface area (Å²) in [4.78, 5) is 12.6. The fourth-order valence-corrected chi connectivity index (χ4v) is 2.72. The van der Waals surface area contributed by atoms with Crippen molar-refractivity contribution in [1.82, 2.24) is 0 Å². The minimum Gasteiger partial charge on any atom is -0.325 e. The van der Waals surface area contributed by atoms with E-state index in [9.17, 15) is 4.79 Å². The highest BCUT2D eigenvalue weighted by Crippen LogP contribution is 2.49. The second-order valence-electron chi connectivity index (χ2n) is 5.42. The fraction of sp³-hybridized carbons (Fsp3) is 0.235. The summed E-state index contributed by atoms with van der Waals surface area (Å²) in [5.74, 6) is 0.0605. The van der Waals surface area contributed by atoms with Gasteiger partial charge in [0.2, 0.25) is 5.91 Å². The lowest BCUT2D eigenvalue weighted by Crippen LogP contribution is -2.27. The van der Waals surface area contributed by atoms with Crippen LogP contribution in [-0.2, 0) is 10.2 Å². The van der Waals surface area contributed by atoms with E-state index < -0.39 is 5.41 Å². The van der Waals surface area contributed by atoms with Gasteiger partial charge in [-0.2, -0.15) is 0 Å². The minimum absolute atomic E-state index is 0.0605. The number of carbonyl (C=O) groups excluding carboxylic acids is 1. The number of rotatable bonds is 3. The lowest BCUT2D eigenvalue weighted by Gasteiger charge is -2.16. The van der Waals surface area contributed by atoms with Crippen molar-refractivity contribution in [3.8, 4) is 0 Å². The molecule has 0 spiro atoms. The van der Waals surface area contributed by atoms with Crippen LogP contribution >= 0.6 is 11.6 Å². The van der Waals surface area contributed by atoms with Crippen LogP contribution in [0.4, 0.5) is 5.69 Å². The molecule has 2 aromatic carbocycles. The lowest BCUT2D eigenvalue weighted by atomic mass is 9.95. The normalized spacial score (nSPS) is 15.7. The summed E-state index contributed by atoms with van der Waals surface area (Å²) in [6, 6.07) is 15.5. The Bertz CT molecular complexity index is 662. The van der Waals surface area contributed by atoms with Crippen LogP contribution in [0.2, 0.25) is 5.02 Å². The third-order valence-corrected chi connectivity index (χ3v) is 4.07. The predicted octanol–water partition coefficient (Wildman–Crippen LogP) is 4.32. The van der Waals surface area contributed by atoms with Gasteiger partial charge in [-0.1, -0.05) is 35.9 Å². The summed E-state index contributed by atoms with van der Waals surface area (Å²) in [6.07, 6.45) is 1.76. The second kappa shape index (κ2) is 4.95. The Morgan fingerprint density at radius 1 is 1.15 bits per heavy atom. The third-order valence-electron chi connectivity index (χ3n) is 3.84. The molecule has 0 heterocycles. The van der Waals surface area contributed by atoms with E-state index in [1.165, 1.54) is 0 Å². The van der Waals surface area contributed by atoms with Crippen LogP contribution in [0.1, 0.15) is 24.0 Å². The molecule has 1 amide bonds. The van der Waals surface area contributed by atoms with Gasteiger partial charge in [0.15, 0.2) is 0 Å². The number of hydrogen-bond donors (Lipinski definition) is 1. The largest absolute Gasteiger partial charge is 0.325 e. The SMILES string of the molecule is Cc1cccc(NC(=O)C2(c3cccc(Cl)c3)CC2)c1. The maximum absolute atomic E-state index is 12.6. The van der Waals surface area contributed by atoms with Gasteiger partial charge in [0.1, 0.15) is 0 Å². The Labute approximate surface area is 123 Å². The van der Waals surface area contributed by atoms with E-state index in [2.05, 4.69) is 5.32 Å². The molecule has 0 radical (unpaired) electrons. The smallest absolute Gasteiger partial charge is 0.235 e. The summed E-state index contributed by atoms with van der Waals surface area (Å²) in [7, 11) is 0. The lowest BCUT2D eigenvalue weighted by molar-refractivity contribution is -0.118. The number of carbonyl (C=O) groups is 1. The molecule has 102 valence electrons. The molecule has 2 nitrogen and oxygen atoms in total. The molecule has 1 fully saturated rings. The van der Waals surface area contributed by atoms with Crippen LogP contribution in [0.15, 0.2) is 48.5 Å². The van der Waals surface area contributed by atoms with Crippen LogP contribution < -0.4 is 5.32 Å². The standard InChI is InChI=1S/C17H16ClNO/c1-12-4-2-7-15(10-12)19-16(20)17(8-9-17)13-5-3-6-14(18)11-13/h2-7,10-11H,8-9H2,1H3,(H,19,20). The molecule has 1 saturated carbocycles. The highest BCUT2D eigenvalue weighted by Gasteiger charge is 2.51. The van der Waals surface area contributed by atoms with Gasteiger partial charge in [0, 0.05) is 10.7 Å². The van der Waals surface area contributed by atoms with Crippen molar-refractivity contribution in [2.45, 2.75) is 25.2 Å². The first-order valence-electron chi connectivity index (χ1n) is 6.74. The van der Waals surface area contributed by atoms with Crippen molar-refractivity contribution in [3.05, 3.63) is 64.7 Å². The molecular formula is C17H16ClNO. The highest BCUT2D eigenvalue weighted by atomic mass is 35.5. The Balaban J connectivity index is 1.83. The van der Waals surface area contributed by atoms with E-state index >= 15 is 0 Å². The molecule has 0 unspecified atom stereocenters. The van der Waals surface area contributed by atoms with Gasteiger partial charge in [-0.3, -0.25) is 4.79 Å². The van der Waals surface area contributed by atoms with E-state index in [0.717, 1.165) is 29.7 Å². The first-order valence-corrected chi connectivity index (χ1v) is 7.12. The Morgan fingerprint density at radius 3 is 2.55 bits per heavy atom. The van der Waals surface area contributed by atoms with Gasteiger partial charge >= 0.3 is 0 Å². The van der Waals surface area contributed by atoms with Gasteiger partial charge < -0.3 is 5.32 Å². The van der Waals surface area contributed by atoms with Crippen molar-refractivity contribution in [2.24, 2.45) is 0 Å². The maximum atomic E-state index is 12.6. The second-order valence-corrected chi connectivity index (χ2v) is 5.85. The molecule has 0 bridgehead atoms. The van der Waals surface area contributed by atoms with Crippen molar-refractivity contribution < 1.29 is 4.79 Å². The summed E-state index contributed by atoms with van der Waals surface area (Å²) in [5.41, 5.74) is 2.60. The fourth-order valence-electron chi connectivity index (χ4n) is 2.53. The number of hydrogen-bond acceptors (Lipinski definition) is 1. The number of amides is 1. The molecule has 20 heavy (non-hydrogen) atoms. The Kier molecular flexibility index (Phi) is 3.27. The van der Waals surface area contributed by atoms with Gasteiger partial charge in [-0.05, 0) is 55.2 Å². The quantitative estimate of drug-likeness (QED) is 0.894. The van der Waals surface area contributed by atoms with Gasteiger partial charge in [0.25, 0.3) is 0 Å². The van der Waals surface area contributed by atoms with E-state index in [1.807, 2.05) is 55.5 Å². The first-order chi connectivity index (χ1) is 9.60. The summed E-state index contributed by atoms with van der Waals surface area (Å²) in [6.45, 7) is 2.01. The number of nitrogens with one attached hydrogen (secondary N) is 1. The summed E-state index contributed by atoms with van der Waals surface area (Å²) >= 11 is 6.03. The molecular weight excluding hydrogens is 270 g/mol. The Morgan fingerprint density at radius 2 is 1.90 bits per heavy atom. The number of anilines is 1. The van der Waals surface area contributed by atoms with Crippen LogP contribution in [0.5, 0.6) is 0 Å². The van der Waals surface area contributed by atoms with Crippen molar-refractivity contribution in [3.63, 3.8) is 0 Å². The van der Waals surface area contributed by atoms with E-state index in [0.29, 0.717) is 5.02 Å². The minimum atomic E-state index is -0.394. The molecule has 0 aromatic heterocycles. The average molecular weight is 286 g/mol. The molecule has 3 rings (SSSR count). The molecule has 0 atom stereocenters. The molecule has 3 heteroatoms. The maximum Gasteiger partial charge on any atom is 0.235 e. The Hall–Kier alpha value is -1.80. The van der Waals surface area contributed by atoms with E-state index in [-0.39, 0.29) is 5.91 Å². The van der Waals surface area contributed by atoms with Crippen LogP contribution in [0.25, 0.3) is 0 Å². The van der Waals surface area contributed by atoms with Crippen molar-refractivity contribution in [1.29, 1.82) is 0 Å². The molecule has 2 aromatic rings. The molecule has 1 N–H and O–H groups in total. The summed E-state index contributed by atoms with van der Waals surface area (Å²) < 4.78 is 0. The molecule has 1 aliphatic rings. The highest BCUT2D eigenvalue weighted by molar-refractivity contribution is 6.30. The van der Waals surface area contributed by atoms with Gasteiger partial charge in [-0.15, -0.1) is 0 Å². The average Bonchev–Trinajstić information content (AvgIpc) is 3.20. The number of aryl methyl sites for hydroxylation is 1. The molecule has 0 saturated heterocycles. The van der Waals surface area contributed by atoms with E-state index in [4.69, 9.17) is 11.6 Å². The molecule has 0 aliphatic heterocycles.